The van der Waals surface area contributed by atoms with Crippen molar-refractivity contribution in [2.45, 2.75) is 13.0 Å². The van der Waals surface area contributed by atoms with Crippen LogP contribution in [-0.4, -0.2) is 53.5 Å². The highest BCUT2D eigenvalue weighted by Gasteiger charge is 2.35. The van der Waals surface area contributed by atoms with E-state index in [1.165, 1.54) is 0 Å². The minimum atomic E-state index is -1.05. The molecule has 0 aromatic rings. The molecule has 1 amide bonds. The zero-order valence-corrected chi connectivity index (χ0v) is 8.52. The van der Waals surface area contributed by atoms with Gasteiger partial charge in [-0.05, 0) is 6.92 Å². The predicted octanol–water partition coefficient (Wildman–Crippen LogP) is 0.383. The molecule has 0 aromatic heterocycles. The van der Waals surface area contributed by atoms with Crippen LogP contribution in [0.15, 0.2) is 11.8 Å². The van der Waals surface area contributed by atoms with Crippen molar-refractivity contribution >= 4 is 11.9 Å². The molecule has 0 radical (unpaired) electrons. The standard InChI is InChI=1S/C9H14N2O3/c1-6-7(4-10(2)3)8(12)5-11(6)9(13)14/h4,6H,5H2,1-3H3,(H,13,14)/b7-4+. The Kier molecular flexibility index (Phi) is 2.78. The quantitative estimate of drug-likeness (QED) is 0.619. The Hall–Kier alpha value is -1.52. The van der Waals surface area contributed by atoms with Crippen LogP contribution in [0.4, 0.5) is 4.79 Å². The Morgan fingerprint density at radius 2 is 2.21 bits per heavy atom. The molecule has 5 heteroatoms. The van der Waals surface area contributed by atoms with Crippen LogP contribution in [0.3, 0.4) is 0 Å². The minimum Gasteiger partial charge on any atom is -0.465 e. The average molecular weight is 198 g/mol. The number of Topliss-reactive ketones (excluding diaryl/α,β-unsaturated/α-hetero) is 1. The highest BCUT2D eigenvalue weighted by Crippen LogP contribution is 2.20. The number of likely N-dealkylation sites (tertiary alicyclic amines) is 1. The summed E-state index contributed by atoms with van der Waals surface area (Å²) in [5.41, 5.74) is 0.553. The van der Waals surface area contributed by atoms with Gasteiger partial charge in [0.05, 0.1) is 12.6 Å². The van der Waals surface area contributed by atoms with E-state index in [0.717, 1.165) is 4.90 Å². The monoisotopic (exact) mass is 198 g/mol. The molecule has 0 aromatic carbocycles. The van der Waals surface area contributed by atoms with Gasteiger partial charge in [-0.3, -0.25) is 9.69 Å². The van der Waals surface area contributed by atoms with Crippen LogP contribution >= 0.6 is 0 Å². The minimum absolute atomic E-state index is 0.0316. The van der Waals surface area contributed by atoms with E-state index >= 15 is 0 Å². The molecule has 1 unspecified atom stereocenters. The number of carbonyl (C=O) groups is 2. The second-order valence-electron chi connectivity index (χ2n) is 3.56. The second kappa shape index (κ2) is 3.69. The summed E-state index contributed by atoms with van der Waals surface area (Å²) < 4.78 is 0. The SMILES string of the molecule is CC1/C(=C\N(C)C)C(=O)CN1C(=O)O. The number of ketones is 1. The van der Waals surface area contributed by atoms with E-state index in [1.807, 2.05) is 0 Å². The largest absolute Gasteiger partial charge is 0.465 e. The van der Waals surface area contributed by atoms with E-state index in [1.54, 1.807) is 32.1 Å². The first-order valence-electron chi connectivity index (χ1n) is 4.34. The summed E-state index contributed by atoms with van der Waals surface area (Å²) in [5.74, 6) is -0.117. The van der Waals surface area contributed by atoms with E-state index in [9.17, 15) is 9.59 Å². The topological polar surface area (TPSA) is 60.9 Å². The molecule has 0 bridgehead atoms. The van der Waals surface area contributed by atoms with Gasteiger partial charge < -0.3 is 10.0 Å². The van der Waals surface area contributed by atoms with Crippen LogP contribution in [0.25, 0.3) is 0 Å². The maximum absolute atomic E-state index is 11.4. The molecule has 0 spiro atoms. The summed E-state index contributed by atoms with van der Waals surface area (Å²) in [6.07, 6.45) is 0.628. The van der Waals surface area contributed by atoms with Gasteiger partial charge in [0.2, 0.25) is 0 Å². The third kappa shape index (κ3) is 1.86. The van der Waals surface area contributed by atoms with Crippen molar-refractivity contribution < 1.29 is 14.7 Å². The summed E-state index contributed by atoms with van der Waals surface area (Å²) in [7, 11) is 3.60. The van der Waals surface area contributed by atoms with Crippen LogP contribution in [0.1, 0.15) is 6.92 Å². The molecule has 1 rings (SSSR count). The summed E-state index contributed by atoms with van der Waals surface area (Å²) in [6.45, 7) is 1.69. The number of hydrogen-bond donors (Lipinski definition) is 1. The van der Waals surface area contributed by atoms with Crippen molar-refractivity contribution in [3.8, 4) is 0 Å². The second-order valence-corrected chi connectivity index (χ2v) is 3.56. The molecular formula is C9H14N2O3. The number of carbonyl (C=O) groups excluding carboxylic acids is 1. The lowest BCUT2D eigenvalue weighted by atomic mass is 10.1. The van der Waals surface area contributed by atoms with Gasteiger partial charge in [0.15, 0.2) is 5.78 Å². The number of rotatable bonds is 1. The van der Waals surface area contributed by atoms with Gasteiger partial charge in [0.25, 0.3) is 0 Å². The Bertz CT molecular complexity index is 296. The molecule has 0 aliphatic carbocycles. The highest BCUT2D eigenvalue weighted by atomic mass is 16.4. The van der Waals surface area contributed by atoms with E-state index in [2.05, 4.69) is 0 Å². The Balaban J connectivity index is 2.91. The fourth-order valence-corrected chi connectivity index (χ4v) is 1.48. The Labute approximate surface area is 82.6 Å². The molecule has 1 aliphatic heterocycles. The predicted molar refractivity (Wildman–Crippen MR) is 51.0 cm³/mol. The van der Waals surface area contributed by atoms with Crippen LogP contribution in [0, 0.1) is 0 Å². The van der Waals surface area contributed by atoms with Crippen molar-refractivity contribution in [1.82, 2.24) is 9.80 Å². The van der Waals surface area contributed by atoms with Crippen molar-refractivity contribution in [3.05, 3.63) is 11.8 Å². The van der Waals surface area contributed by atoms with Gasteiger partial charge in [-0.15, -0.1) is 0 Å². The van der Waals surface area contributed by atoms with E-state index < -0.39 is 6.09 Å². The maximum atomic E-state index is 11.4. The van der Waals surface area contributed by atoms with Crippen LogP contribution in [0.5, 0.6) is 0 Å². The molecule has 0 saturated carbocycles. The number of amides is 1. The third-order valence-corrected chi connectivity index (χ3v) is 2.20. The van der Waals surface area contributed by atoms with Gasteiger partial charge >= 0.3 is 6.09 Å². The molecule has 5 nitrogen and oxygen atoms in total. The van der Waals surface area contributed by atoms with Gasteiger partial charge in [0, 0.05) is 25.9 Å². The first-order chi connectivity index (χ1) is 6.43. The summed E-state index contributed by atoms with van der Waals surface area (Å²) >= 11 is 0. The van der Waals surface area contributed by atoms with Gasteiger partial charge in [-0.25, -0.2) is 4.79 Å². The zero-order chi connectivity index (χ0) is 10.9. The van der Waals surface area contributed by atoms with Crippen LogP contribution < -0.4 is 0 Å². The van der Waals surface area contributed by atoms with Gasteiger partial charge in [-0.1, -0.05) is 0 Å². The molecule has 1 atom stereocenters. The molecule has 14 heavy (non-hydrogen) atoms. The molecule has 1 saturated heterocycles. The first kappa shape index (κ1) is 10.6. The molecule has 78 valence electrons. The van der Waals surface area contributed by atoms with Crippen molar-refractivity contribution in [1.29, 1.82) is 0 Å². The van der Waals surface area contributed by atoms with Gasteiger partial charge in [-0.2, -0.15) is 0 Å². The first-order valence-corrected chi connectivity index (χ1v) is 4.34. The smallest absolute Gasteiger partial charge is 0.408 e. The molecule has 1 N–H and O–H groups in total. The Morgan fingerprint density at radius 3 is 2.57 bits per heavy atom. The van der Waals surface area contributed by atoms with Crippen molar-refractivity contribution in [2.75, 3.05) is 20.6 Å². The third-order valence-electron chi connectivity index (χ3n) is 2.20. The number of nitrogens with zero attached hydrogens (tertiary/aromatic N) is 2. The van der Waals surface area contributed by atoms with Crippen molar-refractivity contribution in [3.63, 3.8) is 0 Å². The average Bonchev–Trinajstić information content (AvgIpc) is 2.31. The summed E-state index contributed by atoms with van der Waals surface area (Å²) in [5, 5.41) is 8.79. The lowest BCUT2D eigenvalue weighted by Crippen LogP contribution is -2.33. The Morgan fingerprint density at radius 1 is 1.64 bits per heavy atom. The van der Waals surface area contributed by atoms with Crippen molar-refractivity contribution in [2.24, 2.45) is 0 Å². The van der Waals surface area contributed by atoms with Crippen LogP contribution in [-0.2, 0) is 4.79 Å². The van der Waals surface area contributed by atoms with E-state index in [4.69, 9.17) is 5.11 Å². The lowest BCUT2D eigenvalue weighted by molar-refractivity contribution is -0.114. The fourth-order valence-electron chi connectivity index (χ4n) is 1.48. The van der Waals surface area contributed by atoms with E-state index in [-0.39, 0.29) is 18.4 Å². The fraction of sp³-hybridized carbons (Fsp3) is 0.556. The molecular weight excluding hydrogens is 184 g/mol. The highest BCUT2D eigenvalue weighted by molar-refractivity contribution is 6.02. The van der Waals surface area contributed by atoms with Crippen LogP contribution in [0.2, 0.25) is 0 Å². The lowest BCUT2D eigenvalue weighted by Gasteiger charge is -2.17. The molecule has 1 heterocycles. The number of hydrogen-bond acceptors (Lipinski definition) is 3. The van der Waals surface area contributed by atoms with Gasteiger partial charge in [0.1, 0.15) is 0 Å². The normalized spacial score (nSPS) is 24.5. The number of carboxylic acid groups (broad SMARTS) is 1. The zero-order valence-electron chi connectivity index (χ0n) is 8.52. The summed E-state index contributed by atoms with van der Waals surface area (Å²) in [6, 6.07) is -0.345. The summed E-state index contributed by atoms with van der Waals surface area (Å²) in [4.78, 5) is 25.0. The molecule has 1 fully saturated rings. The molecule has 1 aliphatic rings. The van der Waals surface area contributed by atoms with E-state index in [0.29, 0.717) is 5.57 Å². The maximum Gasteiger partial charge on any atom is 0.408 e.